The van der Waals surface area contributed by atoms with Crippen LogP contribution >= 0.6 is 11.6 Å². The van der Waals surface area contributed by atoms with Gasteiger partial charge in [0.15, 0.2) is 0 Å². The first-order chi connectivity index (χ1) is 13.7. The summed E-state index contributed by atoms with van der Waals surface area (Å²) in [5.41, 5.74) is 4.04. The number of hydrogen-bond donors (Lipinski definition) is 0. The Morgan fingerprint density at radius 2 is 1.82 bits per heavy atom. The molecule has 0 saturated heterocycles. The molecule has 0 aliphatic carbocycles. The molecule has 4 rings (SSSR count). The molecule has 0 aliphatic rings. The summed E-state index contributed by atoms with van der Waals surface area (Å²) in [6.45, 7) is 0. The molecule has 0 saturated carbocycles. The van der Waals surface area contributed by atoms with Gasteiger partial charge in [-0.3, -0.25) is 4.98 Å². The highest BCUT2D eigenvalue weighted by Gasteiger charge is 2.13. The monoisotopic (exact) mass is 386 g/mol. The highest BCUT2D eigenvalue weighted by molar-refractivity contribution is 6.32. The Balaban J connectivity index is 1.85. The number of fused-ring (bicyclic) bond motifs is 1. The molecule has 0 spiro atoms. The quantitative estimate of drug-likeness (QED) is 0.503. The second kappa shape index (κ2) is 7.63. The maximum absolute atomic E-state index is 9.33. The Bertz CT molecular complexity index is 1200. The van der Waals surface area contributed by atoms with Crippen molar-refractivity contribution in [1.29, 1.82) is 5.26 Å². The maximum atomic E-state index is 9.33. The maximum Gasteiger partial charge on any atom is 0.137 e. The first-order valence-electron chi connectivity index (χ1n) is 8.62. The number of hydrogen-bond acceptors (Lipinski definition) is 5. The lowest BCUT2D eigenvalue weighted by atomic mass is 9.99. The zero-order chi connectivity index (χ0) is 19.5. The van der Waals surface area contributed by atoms with E-state index in [0.717, 1.165) is 33.3 Å². The number of methoxy groups -OCH3 is 1. The van der Waals surface area contributed by atoms with Crippen LogP contribution < -0.4 is 4.74 Å². The fourth-order valence-corrected chi connectivity index (χ4v) is 3.42. The summed E-state index contributed by atoms with van der Waals surface area (Å²) in [6.07, 6.45) is 3.98. The molecular weight excluding hydrogens is 372 g/mol. The molecule has 0 N–H and O–H groups in total. The summed E-state index contributed by atoms with van der Waals surface area (Å²) in [4.78, 5) is 4.06. The van der Waals surface area contributed by atoms with Crippen molar-refractivity contribution in [3.05, 3.63) is 82.8 Å². The summed E-state index contributed by atoms with van der Waals surface area (Å²) in [6, 6.07) is 17.2. The molecule has 2 aromatic carbocycles. The molecule has 4 aromatic rings. The molecule has 2 heterocycles. The van der Waals surface area contributed by atoms with E-state index in [-0.39, 0.29) is 0 Å². The second-order valence-electron chi connectivity index (χ2n) is 6.25. The van der Waals surface area contributed by atoms with Crippen molar-refractivity contribution in [3.63, 3.8) is 0 Å². The van der Waals surface area contributed by atoms with Crippen LogP contribution in [0.25, 0.3) is 22.0 Å². The van der Waals surface area contributed by atoms with Crippen molar-refractivity contribution < 1.29 is 4.74 Å². The van der Waals surface area contributed by atoms with Crippen LogP contribution in [0, 0.1) is 11.3 Å². The molecule has 0 radical (unpaired) electrons. The zero-order valence-corrected chi connectivity index (χ0v) is 15.8. The van der Waals surface area contributed by atoms with Crippen molar-refractivity contribution in [2.75, 3.05) is 7.11 Å². The summed E-state index contributed by atoms with van der Waals surface area (Å²) < 4.78 is 5.21. The van der Waals surface area contributed by atoms with E-state index in [9.17, 15) is 5.26 Å². The van der Waals surface area contributed by atoms with Gasteiger partial charge in [0, 0.05) is 35.2 Å². The van der Waals surface area contributed by atoms with Gasteiger partial charge in [-0.05, 0) is 42.0 Å². The van der Waals surface area contributed by atoms with Gasteiger partial charge in [0.05, 0.1) is 29.5 Å². The Labute approximate surface area is 167 Å². The molecule has 0 amide bonds. The molecule has 5 nitrogen and oxygen atoms in total. The third-order valence-electron chi connectivity index (χ3n) is 4.53. The Morgan fingerprint density at radius 1 is 1.00 bits per heavy atom. The van der Waals surface area contributed by atoms with Crippen LogP contribution in [-0.4, -0.2) is 22.3 Å². The molecule has 28 heavy (non-hydrogen) atoms. The second-order valence-corrected chi connectivity index (χ2v) is 6.66. The van der Waals surface area contributed by atoms with Gasteiger partial charge in [-0.1, -0.05) is 23.7 Å². The lowest BCUT2D eigenvalue weighted by Gasteiger charge is -2.11. The average Bonchev–Trinajstić information content (AvgIpc) is 2.74. The Morgan fingerprint density at radius 3 is 2.54 bits per heavy atom. The third-order valence-corrected chi connectivity index (χ3v) is 4.82. The molecular formula is C22H15ClN4O. The van der Waals surface area contributed by atoms with Gasteiger partial charge in [-0.2, -0.15) is 10.4 Å². The van der Waals surface area contributed by atoms with Crippen LogP contribution in [0.5, 0.6) is 5.75 Å². The summed E-state index contributed by atoms with van der Waals surface area (Å²) in [7, 11) is 1.58. The first-order valence-corrected chi connectivity index (χ1v) is 8.99. The zero-order valence-electron chi connectivity index (χ0n) is 15.1. The van der Waals surface area contributed by atoms with Crippen LogP contribution in [0.15, 0.2) is 60.9 Å². The Kier molecular flexibility index (Phi) is 4.88. The van der Waals surface area contributed by atoms with Crippen molar-refractivity contribution in [3.8, 4) is 23.1 Å². The van der Waals surface area contributed by atoms with E-state index in [4.69, 9.17) is 16.3 Å². The summed E-state index contributed by atoms with van der Waals surface area (Å²) >= 11 is 6.26. The molecule has 0 fully saturated rings. The number of nitriles is 1. The minimum Gasteiger partial charge on any atom is -0.495 e. The van der Waals surface area contributed by atoms with E-state index in [2.05, 4.69) is 21.3 Å². The molecule has 0 aliphatic heterocycles. The third kappa shape index (κ3) is 3.38. The van der Waals surface area contributed by atoms with Crippen molar-refractivity contribution in [2.45, 2.75) is 6.42 Å². The fourth-order valence-electron chi connectivity index (χ4n) is 3.14. The topological polar surface area (TPSA) is 71.7 Å². The largest absolute Gasteiger partial charge is 0.495 e. The molecule has 6 heteroatoms. The van der Waals surface area contributed by atoms with Gasteiger partial charge in [0.2, 0.25) is 0 Å². The predicted octanol–water partition coefficient (Wildman–Crippen LogP) is 4.82. The average molecular weight is 387 g/mol. The fraction of sp³-hybridized carbons (Fsp3) is 0.0909. The van der Waals surface area contributed by atoms with E-state index in [1.807, 2.05) is 42.5 Å². The number of aromatic nitrogens is 3. The van der Waals surface area contributed by atoms with Crippen LogP contribution in [0.4, 0.5) is 0 Å². The smallest absolute Gasteiger partial charge is 0.137 e. The van der Waals surface area contributed by atoms with Crippen molar-refractivity contribution >= 4 is 22.4 Å². The minimum atomic E-state index is 0.540. The van der Waals surface area contributed by atoms with Gasteiger partial charge in [0.25, 0.3) is 0 Å². The molecule has 136 valence electrons. The minimum absolute atomic E-state index is 0.540. The highest BCUT2D eigenvalue weighted by atomic mass is 35.5. The van der Waals surface area contributed by atoms with Crippen LogP contribution in [0.3, 0.4) is 0 Å². The SMILES string of the molecule is COc1ccc(Cc2nnc(-c3ccncc3)c3ccc(C#N)cc23)cc1Cl. The summed E-state index contributed by atoms with van der Waals surface area (Å²) in [5, 5.41) is 20.7. The number of nitrogens with zero attached hydrogens (tertiary/aromatic N) is 4. The molecule has 0 atom stereocenters. The highest BCUT2D eigenvalue weighted by Crippen LogP contribution is 2.30. The standard InChI is InChI=1S/C22H15ClN4O/c1-28-21-5-3-14(11-19(21)23)12-20-18-10-15(13-24)2-4-17(18)22(27-26-20)16-6-8-25-9-7-16/h2-11H,12H2,1H3. The van der Waals surface area contributed by atoms with Crippen molar-refractivity contribution in [1.82, 2.24) is 15.2 Å². The van der Waals surface area contributed by atoms with Crippen LogP contribution in [-0.2, 0) is 6.42 Å². The number of halogens is 1. The van der Waals surface area contributed by atoms with Crippen molar-refractivity contribution in [2.24, 2.45) is 0 Å². The lowest BCUT2D eigenvalue weighted by Crippen LogP contribution is -2.00. The van der Waals surface area contributed by atoms with E-state index in [1.54, 1.807) is 25.6 Å². The molecule has 0 unspecified atom stereocenters. The molecule has 2 aromatic heterocycles. The van der Waals surface area contributed by atoms with Gasteiger partial charge >= 0.3 is 0 Å². The van der Waals surface area contributed by atoms with Gasteiger partial charge < -0.3 is 4.74 Å². The first kappa shape index (κ1) is 17.9. The van der Waals surface area contributed by atoms with E-state index in [1.165, 1.54) is 0 Å². The Hall–Kier alpha value is -3.49. The van der Waals surface area contributed by atoms with E-state index >= 15 is 0 Å². The van der Waals surface area contributed by atoms with E-state index < -0.39 is 0 Å². The normalized spacial score (nSPS) is 10.6. The summed E-state index contributed by atoms with van der Waals surface area (Å²) in [5.74, 6) is 0.626. The van der Waals surface area contributed by atoms with E-state index in [0.29, 0.717) is 22.8 Å². The van der Waals surface area contributed by atoms with Gasteiger partial charge in [-0.15, -0.1) is 5.10 Å². The number of rotatable bonds is 4. The van der Waals surface area contributed by atoms with Crippen LogP contribution in [0.1, 0.15) is 16.8 Å². The molecule has 0 bridgehead atoms. The predicted molar refractivity (Wildman–Crippen MR) is 108 cm³/mol. The van der Waals surface area contributed by atoms with Crippen LogP contribution in [0.2, 0.25) is 5.02 Å². The number of ether oxygens (including phenoxy) is 1. The van der Waals surface area contributed by atoms with Gasteiger partial charge in [-0.25, -0.2) is 0 Å². The van der Waals surface area contributed by atoms with Gasteiger partial charge in [0.1, 0.15) is 11.4 Å². The lowest BCUT2D eigenvalue weighted by molar-refractivity contribution is 0.415. The number of benzene rings is 2. The number of pyridine rings is 1.